The van der Waals surface area contributed by atoms with Gasteiger partial charge in [-0.05, 0) is 19.1 Å². The minimum absolute atomic E-state index is 0.0195. The van der Waals surface area contributed by atoms with Crippen LogP contribution in [-0.2, 0) is 14.8 Å². The number of carbonyl (C=O) groups excluding carboxylic acids is 1. The summed E-state index contributed by atoms with van der Waals surface area (Å²) in [6.07, 6.45) is 1.61. The van der Waals surface area contributed by atoms with Crippen LogP contribution in [0.2, 0.25) is 0 Å². The van der Waals surface area contributed by atoms with E-state index < -0.39 is 16.1 Å². The number of sulfonamides is 1. The molecule has 0 fully saturated rings. The van der Waals surface area contributed by atoms with Crippen LogP contribution in [0.25, 0.3) is 0 Å². The Morgan fingerprint density at radius 1 is 1.32 bits per heavy atom. The molecule has 1 aliphatic rings. The van der Waals surface area contributed by atoms with E-state index in [0.717, 1.165) is 5.23 Å². The fourth-order valence-corrected chi connectivity index (χ4v) is 2.51. The van der Waals surface area contributed by atoms with Gasteiger partial charge in [-0.3, -0.25) is 5.43 Å². The molecule has 3 N–H and O–H groups in total. The largest absolute Gasteiger partial charge is 0.480 e. The lowest BCUT2D eigenvalue weighted by molar-refractivity contribution is 0.138. The average Bonchev–Trinajstić information content (AvgIpc) is 2.46. The first-order valence-corrected chi connectivity index (χ1v) is 7.65. The van der Waals surface area contributed by atoms with E-state index in [0.29, 0.717) is 5.70 Å². The fraction of sp³-hybridized carbons (Fsp3) is 0.167. The van der Waals surface area contributed by atoms with E-state index >= 15 is 0 Å². The Bertz CT molecular complexity index is 714. The number of amides is 2. The van der Waals surface area contributed by atoms with Gasteiger partial charge in [-0.1, -0.05) is 23.3 Å². The van der Waals surface area contributed by atoms with Crippen molar-refractivity contribution in [3.8, 4) is 0 Å². The maximum atomic E-state index is 12.0. The van der Waals surface area contributed by atoms with Gasteiger partial charge in [0.2, 0.25) is 5.90 Å². The number of hydrazine groups is 2. The molecule has 0 unspecified atom stereocenters. The zero-order valence-electron chi connectivity index (χ0n) is 11.9. The number of nitrogens with zero attached hydrogens (tertiary/aromatic N) is 2. The van der Waals surface area contributed by atoms with Crippen LogP contribution in [0.5, 0.6) is 0 Å². The SMILES string of the molecule is COC1=NN(NC(=O)NS(=O)(=O)c2ccccc2)NC(C)=C1. The molecule has 0 aromatic heterocycles. The standard InChI is InChI=1S/C12H15N5O4S/c1-9-8-11(21-2)14-17(13-9)15-12(18)16-22(19,20)10-6-4-3-5-7-10/h3-8,13H,1-2H3,(H2,15,16,18). The minimum atomic E-state index is -3.95. The maximum absolute atomic E-state index is 12.0. The summed E-state index contributed by atoms with van der Waals surface area (Å²) in [4.78, 5) is 11.8. The number of hydrogen-bond acceptors (Lipinski definition) is 7. The summed E-state index contributed by atoms with van der Waals surface area (Å²) in [5.74, 6) is 0.252. The third-order valence-electron chi connectivity index (χ3n) is 2.52. The van der Waals surface area contributed by atoms with E-state index in [4.69, 9.17) is 4.74 Å². The molecule has 1 aromatic carbocycles. The molecule has 10 heteroatoms. The molecular formula is C12H15N5O4S. The number of benzene rings is 1. The molecule has 0 bridgehead atoms. The Morgan fingerprint density at radius 2 is 2.00 bits per heavy atom. The first-order valence-electron chi connectivity index (χ1n) is 6.17. The highest BCUT2D eigenvalue weighted by atomic mass is 32.2. The maximum Gasteiger partial charge on any atom is 0.350 e. The Morgan fingerprint density at radius 3 is 2.64 bits per heavy atom. The summed E-state index contributed by atoms with van der Waals surface area (Å²) >= 11 is 0. The molecule has 0 aliphatic carbocycles. The van der Waals surface area contributed by atoms with Crippen molar-refractivity contribution in [2.75, 3.05) is 7.11 Å². The smallest absolute Gasteiger partial charge is 0.350 e. The Balaban J connectivity index is 2.02. The molecule has 1 heterocycles. The molecule has 22 heavy (non-hydrogen) atoms. The summed E-state index contributed by atoms with van der Waals surface area (Å²) in [7, 11) is -2.53. The zero-order chi connectivity index (χ0) is 16.2. The summed E-state index contributed by atoms with van der Waals surface area (Å²) in [6.45, 7) is 1.72. The first-order chi connectivity index (χ1) is 10.4. The van der Waals surface area contributed by atoms with E-state index in [1.165, 1.54) is 19.2 Å². The summed E-state index contributed by atoms with van der Waals surface area (Å²) in [5, 5.41) is 4.82. The number of hydrazone groups is 1. The van der Waals surface area contributed by atoms with Crippen molar-refractivity contribution in [3.63, 3.8) is 0 Å². The molecule has 0 saturated carbocycles. The lowest BCUT2D eigenvalue weighted by Crippen LogP contribution is -2.53. The van der Waals surface area contributed by atoms with Crippen LogP contribution in [0.4, 0.5) is 4.79 Å². The number of hydrogen-bond donors (Lipinski definition) is 3. The van der Waals surface area contributed by atoms with Crippen molar-refractivity contribution in [2.24, 2.45) is 5.10 Å². The minimum Gasteiger partial charge on any atom is -0.480 e. The van der Waals surface area contributed by atoms with Crippen LogP contribution in [0.15, 0.2) is 52.1 Å². The topological polar surface area (TPSA) is 112 Å². The predicted octanol–water partition coefficient (Wildman–Crippen LogP) is 0.273. The van der Waals surface area contributed by atoms with Crippen LogP contribution in [0.1, 0.15) is 6.92 Å². The van der Waals surface area contributed by atoms with E-state index in [9.17, 15) is 13.2 Å². The highest BCUT2D eigenvalue weighted by Gasteiger charge is 2.19. The van der Waals surface area contributed by atoms with Crippen LogP contribution < -0.4 is 15.6 Å². The van der Waals surface area contributed by atoms with Crippen molar-refractivity contribution in [1.29, 1.82) is 0 Å². The second-order valence-electron chi connectivity index (χ2n) is 4.25. The summed E-state index contributed by atoms with van der Waals surface area (Å²) < 4.78 is 30.8. The molecule has 118 valence electrons. The number of allylic oxidation sites excluding steroid dienone is 1. The number of urea groups is 1. The number of methoxy groups -OCH3 is 1. The van der Waals surface area contributed by atoms with Crippen molar-refractivity contribution < 1.29 is 17.9 Å². The van der Waals surface area contributed by atoms with Crippen LogP contribution in [0.3, 0.4) is 0 Å². The highest BCUT2D eigenvalue weighted by Crippen LogP contribution is 2.07. The van der Waals surface area contributed by atoms with Crippen molar-refractivity contribution in [1.82, 2.24) is 20.8 Å². The van der Waals surface area contributed by atoms with Gasteiger partial charge < -0.3 is 4.74 Å². The number of ether oxygens (including phenoxy) is 1. The quantitative estimate of drug-likeness (QED) is 0.735. The molecule has 0 saturated heterocycles. The second-order valence-corrected chi connectivity index (χ2v) is 5.94. The third-order valence-corrected chi connectivity index (χ3v) is 3.86. The number of carbonyl (C=O) groups is 1. The second kappa shape index (κ2) is 6.35. The zero-order valence-corrected chi connectivity index (χ0v) is 12.7. The van der Waals surface area contributed by atoms with E-state index in [2.05, 4.69) is 16.0 Å². The van der Waals surface area contributed by atoms with Gasteiger partial charge in [-0.25, -0.2) is 23.4 Å². The first kappa shape index (κ1) is 15.6. The lowest BCUT2D eigenvalue weighted by atomic mass is 10.4. The predicted molar refractivity (Wildman–Crippen MR) is 78.5 cm³/mol. The van der Waals surface area contributed by atoms with Crippen molar-refractivity contribution >= 4 is 22.0 Å². The normalized spacial score (nSPS) is 14.4. The third kappa shape index (κ3) is 3.88. The lowest BCUT2D eigenvalue weighted by Gasteiger charge is -2.24. The molecular weight excluding hydrogens is 310 g/mol. The van der Waals surface area contributed by atoms with Gasteiger partial charge in [0.1, 0.15) is 0 Å². The average molecular weight is 325 g/mol. The molecule has 1 aliphatic heterocycles. The fourth-order valence-electron chi connectivity index (χ4n) is 1.59. The van der Waals surface area contributed by atoms with E-state index in [1.807, 2.05) is 4.72 Å². The van der Waals surface area contributed by atoms with Gasteiger partial charge in [-0.2, -0.15) is 0 Å². The van der Waals surface area contributed by atoms with Gasteiger partial charge in [0.15, 0.2) is 0 Å². The van der Waals surface area contributed by atoms with Crippen LogP contribution in [0, 0.1) is 0 Å². The number of nitrogens with one attached hydrogen (secondary N) is 3. The monoisotopic (exact) mass is 325 g/mol. The molecule has 0 radical (unpaired) electrons. The molecule has 2 amide bonds. The van der Waals surface area contributed by atoms with Gasteiger partial charge in [0, 0.05) is 11.8 Å². The van der Waals surface area contributed by atoms with Crippen molar-refractivity contribution in [2.45, 2.75) is 11.8 Å². The molecule has 1 aromatic rings. The van der Waals surface area contributed by atoms with Gasteiger partial charge in [0.25, 0.3) is 10.0 Å². The summed E-state index contributed by atoms with van der Waals surface area (Å²) in [5.41, 5.74) is 5.57. The van der Waals surface area contributed by atoms with E-state index in [-0.39, 0.29) is 10.8 Å². The Hall–Kier alpha value is -2.75. The highest BCUT2D eigenvalue weighted by molar-refractivity contribution is 7.90. The van der Waals surface area contributed by atoms with Gasteiger partial charge >= 0.3 is 6.03 Å². The summed E-state index contributed by atoms with van der Waals surface area (Å²) in [6, 6.07) is 6.58. The van der Waals surface area contributed by atoms with Crippen molar-refractivity contribution in [3.05, 3.63) is 42.1 Å². The molecule has 9 nitrogen and oxygen atoms in total. The Kier molecular flexibility index (Phi) is 4.51. The van der Waals surface area contributed by atoms with Crippen LogP contribution in [-0.4, -0.2) is 32.7 Å². The molecule has 0 spiro atoms. The van der Waals surface area contributed by atoms with Gasteiger partial charge in [0.05, 0.1) is 12.0 Å². The number of rotatable bonds is 3. The van der Waals surface area contributed by atoms with Crippen LogP contribution >= 0.6 is 0 Å². The molecule has 0 atom stereocenters. The van der Waals surface area contributed by atoms with E-state index in [1.54, 1.807) is 31.2 Å². The van der Waals surface area contributed by atoms with Gasteiger partial charge in [-0.15, -0.1) is 5.23 Å². The molecule has 2 rings (SSSR count). The Labute approximate surface area is 127 Å².